The standard InChI is InChI=1S/C20H19BrN2O5S2/c1-28-17-7-2-13(21)12-16(17)20-22(10-11-29-20)30(26,27)15-5-3-14(4-6-15)23-18(24)8-9-19(23)25/h2-7,12,20H,8-11H2,1H3. The van der Waals surface area contributed by atoms with Gasteiger partial charge in [0, 0.05) is 35.2 Å². The summed E-state index contributed by atoms with van der Waals surface area (Å²) in [5, 5.41) is -0.413. The van der Waals surface area contributed by atoms with Gasteiger partial charge in [0.2, 0.25) is 21.8 Å². The first-order valence-corrected chi connectivity index (χ1v) is 12.5. The maximum Gasteiger partial charge on any atom is 0.244 e. The molecule has 10 heteroatoms. The zero-order chi connectivity index (χ0) is 21.5. The normalized spacial score (nSPS) is 20.2. The highest BCUT2D eigenvalue weighted by atomic mass is 79.9. The Balaban J connectivity index is 1.65. The Hall–Kier alpha value is -1.88. The number of benzene rings is 2. The monoisotopic (exact) mass is 510 g/mol. The van der Waals surface area contributed by atoms with Crippen molar-refractivity contribution in [2.24, 2.45) is 0 Å². The zero-order valence-corrected chi connectivity index (χ0v) is 19.3. The molecule has 1 unspecified atom stereocenters. The molecule has 0 aromatic heterocycles. The van der Waals surface area contributed by atoms with E-state index in [9.17, 15) is 18.0 Å². The summed E-state index contributed by atoms with van der Waals surface area (Å²) in [5.74, 6) is 0.745. The molecule has 1 atom stereocenters. The summed E-state index contributed by atoms with van der Waals surface area (Å²) in [6, 6.07) is 11.4. The number of nitrogens with zero attached hydrogens (tertiary/aromatic N) is 2. The van der Waals surface area contributed by atoms with Gasteiger partial charge < -0.3 is 4.74 Å². The summed E-state index contributed by atoms with van der Waals surface area (Å²) in [5.41, 5.74) is 1.17. The molecule has 30 heavy (non-hydrogen) atoms. The lowest BCUT2D eigenvalue weighted by molar-refractivity contribution is -0.121. The van der Waals surface area contributed by atoms with Gasteiger partial charge in [-0.1, -0.05) is 15.9 Å². The van der Waals surface area contributed by atoms with Crippen molar-refractivity contribution in [3.05, 3.63) is 52.5 Å². The van der Waals surface area contributed by atoms with Crippen LogP contribution in [0, 0.1) is 0 Å². The molecule has 2 amide bonds. The predicted octanol–water partition coefficient (Wildman–Crippen LogP) is 3.55. The van der Waals surface area contributed by atoms with Crippen LogP contribution in [0.3, 0.4) is 0 Å². The number of sulfonamides is 1. The number of halogens is 1. The number of carbonyl (C=O) groups excluding carboxylic acids is 2. The van der Waals surface area contributed by atoms with Gasteiger partial charge in [-0.2, -0.15) is 4.31 Å². The largest absolute Gasteiger partial charge is 0.496 e. The van der Waals surface area contributed by atoms with Crippen LogP contribution >= 0.6 is 27.7 Å². The molecule has 7 nitrogen and oxygen atoms in total. The van der Waals surface area contributed by atoms with Crippen molar-refractivity contribution in [3.8, 4) is 5.75 Å². The molecule has 0 aliphatic carbocycles. The Labute approximate surface area is 187 Å². The second-order valence-electron chi connectivity index (χ2n) is 6.84. The number of methoxy groups -OCH3 is 1. The highest BCUT2D eigenvalue weighted by Crippen LogP contribution is 2.45. The minimum atomic E-state index is -3.79. The Morgan fingerprint density at radius 3 is 2.37 bits per heavy atom. The quantitative estimate of drug-likeness (QED) is 0.571. The van der Waals surface area contributed by atoms with E-state index in [0.29, 0.717) is 23.7 Å². The number of thioether (sulfide) groups is 1. The van der Waals surface area contributed by atoms with Gasteiger partial charge in [0.25, 0.3) is 0 Å². The van der Waals surface area contributed by atoms with Crippen LogP contribution in [0.15, 0.2) is 51.8 Å². The van der Waals surface area contributed by atoms with Crippen molar-refractivity contribution in [1.29, 1.82) is 0 Å². The molecule has 158 valence electrons. The summed E-state index contributed by atoms with van der Waals surface area (Å²) in [4.78, 5) is 25.1. The van der Waals surface area contributed by atoms with E-state index in [1.165, 1.54) is 40.3 Å². The van der Waals surface area contributed by atoms with E-state index in [4.69, 9.17) is 4.74 Å². The number of amides is 2. The van der Waals surface area contributed by atoms with Crippen LogP contribution in [-0.4, -0.2) is 43.9 Å². The third-order valence-corrected chi connectivity index (χ3v) is 8.81. The van der Waals surface area contributed by atoms with Crippen LogP contribution in [0.25, 0.3) is 0 Å². The predicted molar refractivity (Wildman–Crippen MR) is 118 cm³/mol. The first-order valence-electron chi connectivity index (χ1n) is 9.25. The second kappa shape index (κ2) is 8.33. The number of rotatable bonds is 5. The van der Waals surface area contributed by atoms with Crippen LogP contribution < -0.4 is 9.64 Å². The summed E-state index contributed by atoms with van der Waals surface area (Å²) >= 11 is 4.98. The fourth-order valence-corrected chi connectivity index (χ4v) is 7.24. The third kappa shape index (κ3) is 3.77. The van der Waals surface area contributed by atoms with E-state index >= 15 is 0 Å². The number of anilines is 1. The highest BCUT2D eigenvalue weighted by Gasteiger charge is 2.38. The van der Waals surface area contributed by atoms with Crippen molar-refractivity contribution in [1.82, 2.24) is 4.31 Å². The van der Waals surface area contributed by atoms with Crippen LogP contribution in [0.5, 0.6) is 5.75 Å². The van der Waals surface area contributed by atoms with E-state index in [2.05, 4.69) is 15.9 Å². The summed E-state index contributed by atoms with van der Waals surface area (Å²) in [7, 11) is -2.23. The third-order valence-electron chi connectivity index (χ3n) is 5.06. The minimum absolute atomic E-state index is 0.117. The van der Waals surface area contributed by atoms with Gasteiger partial charge in [-0.15, -0.1) is 11.8 Å². The zero-order valence-electron chi connectivity index (χ0n) is 16.1. The maximum atomic E-state index is 13.4. The topological polar surface area (TPSA) is 84.0 Å². The van der Waals surface area contributed by atoms with Crippen molar-refractivity contribution in [2.75, 3.05) is 24.3 Å². The molecular formula is C20H19BrN2O5S2. The molecule has 4 rings (SSSR count). The van der Waals surface area contributed by atoms with E-state index < -0.39 is 15.4 Å². The van der Waals surface area contributed by atoms with E-state index in [1.807, 2.05) is 18.2 Å². The van der Waals surface area contributed by atoms with Gasteiger partial charge in [0.1, 0.15) is 5.75 Å². The first kappa shape index (κ1) is 21.4. The Morgan fingerprint density at radius 1 is 1.07 bits per heavy atom. The van der Waals surface area contributed by atoms with Crippen molar-refractivity contribution >= 4 is 55.2 Å². The number of ether oxygens (including phenoxy) is 1. The van der Waals surface area contributed by atoms with Crippen LogP contribution in [0.1, 0.15) is 23.8 Å². The Bertz CT molecular complexity index is 1090. The molecule has 2 aliphatic rings. The van der Waals surface area contributed by atoms with E-state index in [-0.39, 0.29) is 29.6 Å². The summed E-state index contributed by atoms with van der Waals surface area (Å²) < 4.78 is 34.5. The van der Waals surface area contributed by atoms with Gasteiger partial charge in [-0.25, -0.2) is 8.42 Å². The van der Waals surface area contributed by atoms with Gasteiger partial charge in [0.15, 0.2) is 0 Å². The lowest BCUT2D eigenvalue weighted by Crippen LogP contribution is -2.31. The highest BCUT2D eigenvalue weighted by molar-refractivity contribution is 9.10. The average Bonchev–Trinajstić information content (AvgIpc) is 3.35. The van der Waals surface area contributed by atoms with Gasteiger partial charge in [-0.05, 0) is 42.5 Å². The van der Waals surface area contributed by atoms with Crippen LogP contribution in [0.2, 0.25) is 0 Å². The smallest absolute Gasteiger partial charge is 0.244 e. The molecule has 2 aromatic rings. The van der Waals surface area contributed by atoms with Crippen LogP contribution in [0.4, 0.5) is 5.69 Å². The Kier molecular flexibility index (Phi) is 5.93. The minimum Gasteiger partial charge on any atom is -0.496 e. The summed E-state index contributed by atoms with van der Waals surface area (Å²) in [6.07, 6.45) is 0.361. The molecule has 0 saturated carbocycles. The first-order chi connectivity index (χ1) is 14.3. The molecule has 2 aromatic carbocycles. The molecule has 0 spiro atoms. The Morgan fingerprint density at radius 2 is 1.73 bits per heavy atom. The lowest BCUT2D eigenvalue weighted by Gasteiger charge is -2.25. The fourth-order valence-electron chi connectivity index (χ4n) is 3.61. The van der Waals surface area contributed by atoms with Gasteiger partial charge in [0.05, 0.1) is 23.1 Å². The second-order valence-corrected chi connectivity index (χ2v) is 10.8. The molecule has 2 saturated heterocycles. The molecular weight excluding hydrogens is 492 g/mol. The number of imide groups is 1. The molecule has 0 radical (unpaired) electrons. The van der Waals surface area contributed by atoms with E-state index in [0.717, 1.165) is 14.9 Å². The molecule has 0 bridgehead atoms. The summed E-state index contributed by atoms with van der Waals surface area (Å²) in [6.45, 7) is 0.373. The van der Waals surface area contributed by atoms with Crippen LogP contribution in [-0.2, 0) is 19.6 Å². The SMILES string of the molecule is COc1ccc(Br)cc1C1SCCN1S(=O)(=O)c1ccc(N2C(=O)CCC2=O)cc1. The maximum absolute atomic E-state index is 13.4. The van der Waals surface area contributed by atoms with Crippen molar-refractivity contribution in [3.63, 3.8) is 0 Å². The van der Waals surface area contributed by atoms with Crippen molar-refractivity contribution in [2.45, 2.75) is 23.1 Å². The van der Waals surface area contributed by atoms with Crippen molar-refractivity contribution < 1.29 is 22.7 Å². The number of hydrogen-bond acceptors (Lipinski definition) is 6. The average molecular weight is 511 g/mol. The lowest BCUT2D eigenvalue weighted by atomic mass is 10.2. The fraction of sp³-hybridized carbons (Fsp3) is 0.300. The number of carbonyl (C=O) groups is 2. The van der Waals surface area contributed by atoms with E-state index in [1.54, 1.807) is 7.11 Å². The molecule has 2 heterocycles. The van der Waals surface area contributed by atoms with Gasteiger partial charge >= 0.3 is 0 Å². The molecule has 0 N–H and O–H groups in total. The van der Waals surface area contributed by atoms with Gasteiger partial charge in [-0.3, -0.25) is 14.5 Å². The molecule has 2 fully saturated rings. The number of hydrogen-bond donors (Lipinski definition) is 0. The molecule has 2 aliphatic heterocycles.